The number of nitrogen functional groups attached to an aromatic ring is 1. The standard InChI is InChI=1S/C22H25FN4O2/c1-12-6-4-8-25-15(12)7-5-9-26-19-17(23)18(24)16-20-22(19)29-11-14(3)27(20)10-13(2)21(16)28/h4,6,8,10,14,26H,5,7,9,11,24H2,1-3H3/t14-/m0/s1. The van der Waals surface area contributed by atoms with E-state index in [1.165, 1.54) is 0 Å². The van der Waals surface area contributed by atoms with E-state index in [4.69, 9.17) is 10.5 Å². The van der Waals surface area contributed by atoms with E-state index in [2.05, 4.69) is 10.3 Å². The molecule has 0 unspecified atom stereocenters. The highest BCUT2D eigenvalue weighted by Gasteiger charge is 2.28. The smallest absolute Gasteiger partial charge is 0.194 e. The summed E-state index contributed by atoms with van der Waals surface area (Å²) in [5.74, 6) is -0.277. The van der Waals surface area contributed by atoms with Gasteiger partial charge in [0, 0.05) is 30.2 Å². The summed E-state index contributed by atoms with van der Waals surface area (Å²) in [5, 5.41) is 3.34. The second kappa shape index (κ2) is 7.39. The fourth-order valence-corrected chi connectivity index (χ4v) is 3.89. The normalized spacial score (nSPS) is 15.4. The molecule has 1 atom stereocenters. The van der Waals surface area contributed by atoms with Crippen molar-refractivity contribution in [1.82, 2.24) is 9.55 Å². The summed E-state index contributed by atoms with van der Waals surface area (Å²) in [6.45, 7) is 6.67. The van der Waals surface area contributed by atoms with Crippen LogP contribution in [0.5, 0.6) is 5.75 Å². The van der Waals surface area contributed by atoms with Gasteiger partial charge in [0.1, 0.15) is 12.3 Å². The molecule has 0 bridgehead atoms. The van der Waals surface area contributed by atoms with E-state index >= 15 is 4.39 Å². The molecule has 0 saturated heterocycles. The summed E-state index contributed by atoms with van der Waals surface area (Å²) in [5.41, 5.74) is 9.16. The third kappa shape index (κ3) is 3.20. The first-order chi connectivity index (χ1) is 13.9. The van der Waals surface area contributed by atoms with Crippen molar-refractivity contribution < 1.29 is 9.13 Å². The Morgan fingerprint density at radius 3 is 2.93 bits per heavy atom. The first-order valence-electron chi connectivity index (χ1n) is 9.83. The monoisotopic (exact) mass is 396 g/mol. The Balaban J connectivity index is 1.69. The van der Waals surface area contributed by atoms with Crippen LogP contribution in [0.25, 0.3) is 10.9 Å². The number of aryl methyl sites for hydroxylation is 3. The SMILES string of the molecule is Cc1cccnc1CCCNc1c(F)c(N)c2c(=O)c(C)cn3c2c1OC[C@@H]3C. The maximum absolute atomic E-state index is 15.1. The summed E-state index contributed by atoms with van der Waals surface area (Å²) < 4.78 is 23.0. The average Bonchev–Trinajstić information content (AvgIpc) is 2.70. The van der Waals surface area contributed by atoms with E-state index in [0.717, 1.165) is 24.1 Å². The van der Waals surface area contributed by atoms with E-state index in [1.54, 1.807) is 19.3 Å². The van der Waals surface area contributed by atoms with Crippen molar-refractivity contribution in [2.45, 2.75) is 39.7 Å². The predicted octanol–water partition coefficient (Wildman–Crippen LogP) is 3.73. The number of nitrogens with two attached hydrogens (primary N) is 1. The van der Waals surface area contributed by atoms with Crippen LogP contribution in [-0.4, -0.2) is 22.7 Å². The number of ether oxygens (including phenoxy) is 1. The Kier molecular flexibility index (Phi) is 4.90. The molecule has 3 N–H and O–H groups in total. The highest BCUT2D eigenvalue weighted by Crippen LogP contribution is 2.43. The van der Waals surface area contributed by atoms with Crippen LogP contribution in [0.15, 0.2) is 29.3 Å². The van der Waals surface area contributed by atoms with Crippen LogP contribution >= 0.6 is 0 Å². The number of aromatic nitrogens is 2. The molecule has 7 heteroatoms. The molecule has 0 saturated carbocycles. The van der Waals surface area contributed by atoms with Crippen LogP contribution in [0.1, 0.15) is 36.2 Å². The summed E-state index contributed by atoms with van der Waals surface area (Å²) in [6.07, 6.45) is 5.12. The lowest BCUT2D eigenvalue weighted by Crippen LogP contribution is -2.26. The van der Waals surface area contributed by atoms with E-state index in [-0.39, 0.29) is 28.2 Å². The number of hydrogen-bond acceptors (Lipinski definition) is 5. The minimum absolute atomic E-state index is 0.0224. The van der Waals surface area contributed by atoms with Crippen molar-refractivity contribution in [1.29, 1.82) is 0 Å². The number of anilines is 2. The topological polar surface area (TPSA) is 82.2 Å². The molecule has 0 fully saturated rings. The number of nitrogens with one attached hydrogen (secondary N) is 1. The molecule has 3 aromatic rings. The Morgan fingerprint density at radius 2 is 2.17 bits per heavy atom. The van der Waals surface area contributed by atoms with Crippen molar-refractivity contribution in [3.05, 3.63) is 57.4 Å². The average molecular weight is 396 g/mol. The molecule has 152 valence electrons. The van der Waals surface area contributed by atoms with Gasteiger partial charge in [0.25, 0.3) is 0 Å². The van der Waals surface area contributed by atoms with E-state index < -0.39 is 5.82 Å². The minimum atomic E-state index is -0.634. The summed E-state index contributed by atoms with van der Waals surface area (Å²) in [6, 6.07) is 3.96. The zero-order valence-corrected chi connectivity index (χ0v) is 16.9. The van der Waals surface area contributed by atoms with Crippen molar-refractivity contribution in [2.24, 2.45) is 0 Å². The van der Waals surface area contributed by atoms with Crippen molar-refractivity contribution in [2.75, 3.05) is 24.2 Å². The number of rotatable bonds is 5. The third-order valence-corrected chi connectivity index (χ3v) is 5.53. The first-order valence-corrected chi connectivity index (χ1v) is 9.83. The van der Waals surface area contributed by atoms with Gasteiger partial charge in [-0.15, -0.1) is 0 Å². The number of pyridine rings is 2. The van der Waals surface area contributed by atoms with Crippen molar-refractivity contribution in [3.63, 3.8) is 0 Å². The van der Waals surface area contributed by atoms with Crippen LogP contribution in [-0.2, 0) is 6.42 Å². The van der Waals surface area contributed by atoms with Gasteiger partial charge in [-0.1, -0.05) is 6.07 Å². The predicted molar refractivity (Wildman–Crippen MR) is 113 cm³/mol. The molecule has 0 radical (unpaired) electrons. The molecular formula is C22H25FN4O2. The van der Waals surface area contributed by atoms with E-state index in [0.29, 0.717) is 30.0 Å². The molecule has 0 aliphatic carbocycles. The quantitative estimate of drug-likeness (QED) is 0.507. The summed E-state index contributed by atoms with van der Waals surface area (Å²) in [4.78, 5) is 17.1. The van der Waals surface area contributed by atoms with Gasteiger partial charge in [0.2, 0.25) is 0 Å². The van der Waals surface area contributed by atoms with Crippen LogP contribution in [0.2, 0.25) is 0 Å². The number of benzene rings is 1. The Hall–Kier alpha value is -3.09. The second-order valence-corrected chi connectivity index (χ2v) is 7.66. The summed E-state index contributed by atoms with van der Waals surface area (Å²) in [7, 11) is 0. The van der Waals surface area contributed by atoms with Gasteiger partial charge >= 0.3 is 0 Å². The second-order valence-electron chi connectivity index (χ2n) is 7.66. The highest BCUT2D eigenvalue weighted by molar-refractivity contribution is 6.00. The molecule has 2 aromatic heterocycles. The molecule has 4 rings (SSSR count). The number of hydrogen-bond donors (Lipinski definition) is 2. The van der Waals surface area contributed by atoms with Gasteiger partial charge in [0.15, 0.2) is 17.0 Å². The van der Waals surface area contributed by atoms with Gasteiger partial charge < -0.3 is 20.4 Å². The lowest BCUT2D eigenvalue weighted by molar-refractivity contribution is 0.247. The first kappa shape index (κ1) is 19.2. The van der Waals surface area contributed by atoms with Gasteiger partial charge in [-0.3, -0.25) is 9.78 Å². The fraction of sp³-hybridized carbons (Fsp3) is 0.364. The van der Waals surface area contributed by atoms with Gasteiger partial charge in [-0.25, -0.2) is 4.39 Å². The Bertz CT molecular complexity index is 1160. The maximum Gasteiger partial charge on any atom is 0.194 e. The Morgan fingerprint density at radius 1 is 1.38 bits per heavy atom. The maximum atomic E-state index is 15.1. The van der Waals surface area contributed by atoms with Crippen LogP contribution in [0.4, 0.5) is 15.8 Å². The zero-order valence-electron chi connectivity index (χ0n) is 16.9. The number of nitrogens with zero attached hydrogens (tertiary/aromatic N) is 2. The van der Waals surface area contributed by atoms with Crippen molar-refractivity contribution in [3.8, 4) is 5.75 Å². The van der Waals surface area contributed by atoms with E-state index in [1.807, 2.05) is 30.5 Å². The molecular weight excluding hydrogens is 371 g/mol. The molecule has 6 nitrogen and oxygen atoms in total. The largest absolute Gasteiger partial charge is 0.487 e. The van der Waals surface area contributed by atoms with Crippen LogP contribution < -0.4 is 21.2 Å². The lowest BCUT2D eigenvalue weighted by Gasteiger charge is -2.29. The molecule has 29 heavy (non-hydrogen) atoms. The fourth-order valence-electron chi connectivity index (χ4n) is 3.89. The van der Waals surface area contributed by atoms with E-state index in [9.17, 15) is 4.79 Å². The van der Waals surface area contributed by atoms with Gasteiger partial charge in [-0.2, -0.15) is 0 Å². The van der Waals surface area contributed by atoms with Gasteiger partial charge in [0.05, 0.1) is 22.6 Å². The highest BCUT2D eigenvalue weighted by atomic mass is 19.1. The molecule has 1 aromatic carbocycles. The third-order valence-electron chi connectivity index (χ3n) is 5.53. The Labute approximate surface area is 168 Å². The van der Waals surface area contributed by atoms with Gasteiger partial charge in [-0.05, 0) is 45.2 Å². The van der Waals surface area contributed by atoms with Crippen LogP contribution in [0.3, 0.4) is 0 Å². The molecule has 3 heterocycles. The van der Waals surface area contributed by atoms with Crippen molar-refractivity contribution >= 4 is 22.3 Å². The minimum Gasteiger partial charge on any atom is -0.487 e. The molecule has 1 aliphatic rings. The number of halogens is 1. The molecule has 1 aliphatic heterocycles. The lowest BCUT2D eigenvalue weighted by atomic mass is 10.0. The zero-order chi connectivity index (χ0) is 20.7. The molecule has 0 amide bonds. The summed E-state index contributed by atoms with van der Waals surface area (Å²) >= 11 is 0. The molecule has 0 spiro atoms. The van der Waals surface area contributed by atoms with Crippen LogP contribution in [0, 0.1) is 19.7 Å².